The number of carbonyl (C=O) groups excluding carboxylic acids is 1. The summed E-state index contributed by atoms with van der Waals surface area (Å²) in [5, 5.41) is 4.41. The zero-order chi connectivity index (χ0) is 17.4. The van der Waals surface area contributed by atoms with Crippen LogP contribution in [0, 0.1) is 0 Å². The lowest BCUT2D eigenvalue weighted by atomic mass is 10.3. The molecule has 0 spiro atoms. The lowest BCUT2D eigenvalue weighted by Crippen LogP contribution is -2.21. The first-order chi connectivity index (χ1) is 11.6. The van der Waals surface area contributed by atoms with Gasteiger partial charge in [0, 0.05) is 24.2 Å². The fourth-order valence-corrected chi connectivity index (χ4v) is 3.18. The quantitative estimate of drug-likeness (QED) is 0.690. The van der Waals surface area contributed by atoms with Crippen molar-refractivity contribution in [2.45, 2.75) is 26.8 Å². The zero-order valence-corrected chi connectivity index (χ0v) is 14.9. The number of nitrogens with zero attached hydrogens (tertiary/aromatic N) is 2. The standard InChI is InChI=1S/C17H24N4O2S/c1-3-21(4-2)17-20-12-13(24-17)11-19-14-7-5-6-8-15(14)23-10-9-16(18)22/h5-8,12,19H,3-4,9-11H2,1-2H3,(H2,18,22). The van der Waals surface area contributed by atoms with E-state index in [1.807, 2.05) is 30.5 Å². The molecule has 0 aliphatic heterocycles. The molecule has 0 aliphatic carbocycles. The van der Waals surface area contributed by atoms with E-state index in [1.165, 1.54) is 0 Å². The molecular formula is C17H24N4O2S. The predicted molar refractivity (Wildman–Crippen MR) is 98.8 cm³/mol. The van der Waals surface area contributed by atoms with Crippen LogP contribution < -0.4 is 20.7 Å². The van der Waals surface area contributed by atoms with Crippen LogP contribution in [0.5, 0.6) is 5.75 Å². The number of nitrogens with two attached hydrogens (primary N) is 1. The van der Waals surface area contributed by atoms with Crippen LogP contribution in [-0.4, -0.2) is 30.6 Å². The predicted octanol–water partition coefficient (Wildman–Crippen LogP) is 2.86. The van der Waals surface area contributed by atoms with Crippen LogP contribution in [0.3, 0.4) is 0 Å². The van der Waals surface area contributed by atoms with Crippen molar-refractivity contribution in [1.82, 2.24) is 4.98 Å². The van der Waals surface area contributed by atoms with Crippen LogP contribution in [0.2, 0.25) is 0 Å². The van der Waals surface area contributed by atoms with E-state index in [0.29, 0.717) is 12.3 Å². The number of thiazole rings is 1. The van der Waals surface area contributed by atoms with Crippen LogP contribution in [0.1, 0.15) is 25.1 Å². The van der Waals surface area contributed by atoms with Gasteiger partial charge in [-0.05, 0) is 26.0 Å². The van der Waals surface area contributed by atoms with Crippen molar-refractivity contribution in [3.63, 3.8) is 0 Å². The minimum atomic E-state index is -0.367. The van der Waals surface area contributed by atoms with Gasteiger partial charge < -0.3 is 20.7 Å². The Balaban J connectivity index is 1.95. The van der Waals surface area contributed by atoms with Crippen molar-refractivity contribution in [1.29, 1.82) is 0 Å². The number of benzene rings is 1. The molecule has 3 N–H and O–H groups in total. The molecule has 0 aliphatic rings. The first-order valence-corrected chi connectivity index (χ1v) is 8.89. The molecule has 0 bridgehead atoms. The minimum absolute atomic E-state index is 0.205. The summed E-state index contributed by atoms with van der Waals surface area (Å²) in [4.78, 5) is 18.7. The Morgan fingerprint density at radius 1 is 1.33 bits per heavy atom. The Morgan fingerprint density at radius 2 is 2.08 bits per heavy atom. The van der Waals surface area contributed by atoms with Crippen molar-refractivity contribution >= 4 is 28.1 Å². The molecule has 2 aromatic rings. The second kappa shape index (κ2) is 9.12. The van der Waals surface area contributed by atoms with Gasteiger partial charge in [-0.2, -0.15) is 0 Å². The van der Waals surface area contributed by atoms with Gasteiger partial charge in [0.2, 0.25) is 5.91 Å². The van der Waals surface area contributed by atoms with Crippen molar-refractivity contribution < 1.29 is 9.53 Å². The van der Waals surface area contributed by atoms with E-state index in [0.717, 1.165) is 28.8 Å². The third-order valence-electron chi connectivity index (χ3n) is 3.52. The third kappa shape index (κ3) is 5.13. The second-order valence-corrected chi connectivity index (χ2v) is 6.29. The third-order valence-corrected chi connectivity index (χ3v) is 4.58. The highest BCUT2D eigenvalue weighted by Crippen LogP contribution is 2.27. The molecule has 130 valence electrons. The number of amides is 1. The van der Waals surface area contributed by atoms with E-state index in [9.17, 15) is 4.79 Å². The maximum absolute atomic E-state index is 10.8. The smallest absolute Gasteiger partial charge is 0.220 e. The number of ether oxygens (including phenoxy) is 1. The van der Waals surface area contributed by atoms with Gasteiger partial charge in [0.05, 0.1) is 25.3 Å². The Hall–Kier alpha value is -2.28. The normalized spacial score (nSPS) is 10.4. The Labute approximate surface area is 146 Å². The zero-order valence-electron chi connectivity index (χ0n) is 14.1. The number of hydrogen-bond acceptors (Lipinski definition) is 6. The van der Waals surface area contributed by atoms with E-state index >= 15 is 0 Å². The van der Waals surface area contributed by atoms with Crippen LogP contribution >= 0.6 is 11.3 Å². The molecular weight excluding hydrogens is 324 g/mol. The van der Waals surface area contributed by atoms with Crippen molar-refractivity contribution in [3.05, 3.63) is 35.3 Å². The number of hydrogen-bond donors (Lipinski definition) is 2. The number of aromatic nitrogens is 1. The molecule has 24 heavy (non-hydrogen) atoms. The van der Waals surface area contributed by atoms with Gasteiger partial charge in [0.25, 0.3) is 0 Å². The molecule has 2 rings (SSSR count). The lowest BCUT2D eigenvalue weighted by molar-refractivity contribution is -0.118. The second-order valence-electron chi connectivity index (χ2n) is 5.20. The van der Waals surface area contributed by atoms with E-state index in [-0.39, 0.29) is 18.9 Å². The van der Waals surface area contributed by atoms with E-state index in [4.69, 9.17) is 10.5 Å². The fraction of sp³-hybridized carbons (Fsp3) is 0.412. The van der Waals surface area contributed by atoms with Crippen LogP contribution in [-0.2, 0) is 11.3 Å². The van der Waals surface area contributed by atoms with Gasteiger partial charge >= 0.3 is 0 Å². The molecule has 1 aromatic carbocycles. The highest BCUT2D eigenvalue weighted by Gasteiger charge is 2.09. The fourth-order valence-electron chi connectivity index (χ4n) is 2.20. The highest BCUT2D eigenvalue weighted by molar-refractivity contribution is 7.15. The maximum atomic E-state index is 10.8. The molecule has 1 amide bonds. The number of anilines is 2. The molecule has 1 aromatic heterocycles. The van der Waals surface area contributed by atoms with E-state index in [2.05, 4.69) is 29.0 Å². The molecule has 0 saturated heterocycles. The number of primary amides is 1. The summed E-state index contributed by atoms with van der Waals surface area (Å²) in [5.41, 5.74) is 6.02. The molecule has 7 heteroatoms. The SMILES string of the molecule is CCN(CC)c1ncc(CNc2ccccc2OCCC(N)=O)s1. The van der Waals surface area contributed by atoms with Crippen molar-refractivity contribution in [3.8, 4) is 5.75 Å². The molecule has 1 heterocycles. The summed E-state index contributed by atoms with van der Waals surface area (Å²) in [6, 6.07) is 7.66. The number of carbonyl (C=O) groups is 1. The average Bonchev–Trinajstić information content (AvgIpc) is 3.03. The van der Waals surface area contributed by atoms with Crippen molar-refractivity contribution in [2.24, 2.45) is 5.73 Å². The van der Waals surface area contributed by atoms with Gasteiger partial charge in [-0.3, -0.25) is 4.79 Å². The summed E-state index contributed by atoms with van der Waals surface area (Å²) in [6.07, 6.45) is 2.11. The maximum Gasteiger partial charge on any atom is 0.220 e. The summed E-state index contributed by atoms with van der Waals surface area (Å²) in [7, 11) is 0. The summed E-state index contributed by atoms with van der Waals surface area (Å²) >= 11 is 1.69. The Bertz CT molecular complexity index is 656. The van der Waals surface area contributed by atoms with Gasteiger partial charge in [0.15, 0.2) is 5.13 Å². The molecule has 6 nitrogen and oxygen atoms in total. The number of rotatable bonds is 10. The summed E-state index contributed by atoms with van der Waals surface area (Å²) in [5.74, 6) is 0.348. The average molecular weight is 348 g/mol. The number of para-hydroxylation sites is 2. The molecule has 0 radical (unpaired) electrons. The summed E-state index contributed by atoms with van der Waals surface area (Å²) in [6.45, 7) is 7.11. The van der Waals surface area contributed by atoms with E-state index in [1.54, 1.807) is 11.3 Å². The first-order valence-electron chi connectivity index (χ1n) is 8.07. The topological polar surface area (TPSA) is 80.5 Å². The van der Waals surface area contributed by atoms with Crippen LogP contribution in [0.15, 0.2) is 30.5 Å². The van der Waals surface area contributed by atoms with Crippen LogP contribution in [0.25, 0.3) is 0 Å². The summed E-state index contributed by atoms with van der Waals surface area (Å²) < 4.78 is 5.63. The molecule has 0 saturated carbocycles. The van der Waals surface area contributed by atoms with E-state index < -0.39 is 0 Å². The molecule has 0 unspecified atom stereocenters. The number of nitrogens with one attached hydrogen (secondary N) is 1. The molecule has 0 fully saturated rings. The largest absolute Gasteiger partial charge is 0.491 e. The first kappa shape index (κ1) is 18.1. The van der Waals surface area contributed by atoms with Gasteiger partial charge in [0.1, 0.15) is 5.75 Å². The van der Waals surface area contributed by atoms with Gasteiger partial charge in [-0.25, -0.2) is 4.98 Å². The van der Waals surface area contributed by atoms with Gasteiger partial charge in [-0.1, -0.05) is 12.1 Å². The molecule has 0 atom stereocenters. The Kier molecular flexibility index (Phi) is 6.87. The highest BCUT2D eigenvalue weighted by atomic mass is 32.1. The monoisotopic (exact) mass is 348 g/mol. The van der Waals surface area contributed by atoms with Crippen molar-refractivity contribution in [2.75, 3.05) is 29.9 Å². The Morgan fingerprint density at radius 3 is 2.79 bits per heavy atom. The van der Waals surface area contributed by atoms with Gasteiger partial charge in [-0.15, -0.1) is 11.3 Å². The minimum Gasteiger partial charge on any atom is -0.491 e. The van der Waals surface area contributed by atoms with Crippen LogP contribution in [0.4, 0.5) is 10.8 Å². The lowest BCUT2D eigenvalue weighted by Gasteiger charge is -2.16.